The summed E-state index contributed by atoms with van der Waals surface area (Å²) in [6.07, 6.45) is 0.944. The Morgan fingerprint density at radius 1 is 1.15 bits per heavy atom. The molecule has 0 fully saturated rings. The van der Waals surface area contributed by atoms with Crippen LogP contribution in [0, 0.1) is 5.92 Å². The van der Waals surface area contributed by atoms with E-state index in [2.05, 4.69) is 36.4 Å². The molecule has 0 aliphatic heterocycles. The van der Waals surface area contributed by atoms with Crippen molar-refractivity contribution in [3.8, 4) is 11.5 Å². The molecule has 0 radical (unpaired) electrons. The second kappa shape index (κ2) is 14.9. The third-order valence-electron chi connectivity index (χ3n) is 3.45. The summed E-state index contributed by atoms with van der Waals surface area (Å²) in [6.45, 7) is 10.1. The maximum absolute atomic E-state index is 5.59. The highest BCUT2D eigenvalue weighted by molar-refractivity contribution is 14.0. The first-order chi connectivity index (χ1) is 12.1. The molecule has 0 amide bonds. The lowest BCUT2D eigenvalue weighted by Gasteiger charge is -2.14. The maximum atomic E-state index is 5.59. The summed E-state index contributed by atoms with van der Waals surface area (Å²) < 4.78 is 16.4. The second-order valence-corrected chi connectivity index (χ2v) is 6.10. The van der Waals surface area contributed by atoms with Gasteiger partial charge in [-0.3, -0.25) is 0 Å². The predicted molar refractivity (Wildman–Crippen MR) is 118 cm³/mol. The van der Waals surface area contributed by atoms with Gasteiger partial charge in [-0.05, 0) is 25.3 Å². The zero-order chi connectivity index (χ0) is 18.5. The standard InChI is InChI=1S/C19H33N3O3.HI/c1-6-20-19(21-11-8-12-25-14-15(2)3)22-13-16-9-7-10-17(23-4)18(16)24-5;/h7,9-10,15H,6,8,11-14H2,1-5H3,(H2,20,21,22);1H. The van der Waals surface area contributed by atoms with E-state index in [1.807, 2.05) is 18.2 Å². The van der Waals surface area contributed by atoms with Crippen LogP contribution in [0.25, 0.3) is 0 Å². The predicted octanol–water partition coefficient (Wildman–Crippen LogP) is 3.44. The molecule has 7 heteroatoms. The van der Waals surface area contributed by atoms with Crippen molar-refractivity contribution < 1.29 is 14.2 Å². The van der Waals surface area contributed by atoms with Crippen LogP contribution in [0.4, 0.5) is 0 Å². The summed E-state index contributed by atoms with van der Waals surface area (Å²) in [5.74, 6) is 2.81. The van der Waals surface area contributed by atoms with Gasteiger partial charge in [0.15, 0.2) is 17.5 Å². The molecule has 0 heterocycles. The fourth-order valence-electron chi connectivity index (χ4n) is 2.28. The number of benzene rings is 1. The van der Waals surface area contributed by atoms with Crippen molar-refractivity contribution in [2.75, 3.05) is 40.5 Å². The normalized spacial score (nSPS) is 11.1. The van der Waals surface area contributed by atoms with Crippen molar-refractivity contribution in [3.63, 3.8) is 0 Å². The van der Waals surface area contributed by atoms with Gasteiger partial charge < -0.3 is 24.8 Å². The van der Waals surface area contributed by atoms with Crippen LogP contribution in [0.1, 0.15) is 32.8 Å². The minimum absolute atomic E-state index is 0. The number of hydrogen-bond donors (Lipinski definition) is 2. The lowest BCUT2D eigenvalue weighted by Crippen LogP contribution is -2.38. The van der Waals surface area contributed by atoms with Gasteiger partial charge in [0.05, 0.1) is 20.8 Å². The summed E-state index contributed by atoms with van der Waals surface area (Å²) in [7, 11) is 3.28. The van der Waals surface area contributed by atoms with Crippen LogP contribution in [0.15, 0.2) is 23.2 Å². The zero-order valence-electron chi connectivity index (χ0n) is 16.6. The smallest absolute Gasteiger partial charge is 0.191 e. The van der Waals surface area contributed by atoms with E-state index < -0.39 is 0 Å². The van der Waals surface area contributed by atoms with Crippen LogP contribution in [0.3, 0.4) is 0 Å². The highest BCUT2D eigenvalue weighted by Gasteiger charge is 2.09. The molecule has 6 nitrogen and oxygen atoms in total. The average molecular weight is 479 g/mol. The van der Waals surface area contributed by atoms with Crippen LogP contribution < -0.4 is 20.1 Å². The molecule has 0 saturated carbocycles. The Kier molecular flexibility index (Phi) is 14.2. The summed E-state index contributed by atoms with van der Waals surface area (Å²) in [6, 6.07) is 5.82. The molecular formula is C19H34IN3O3. The molecule has 0 saturated heterocycles. The number of hydrogen-bond acceptors (Lipinski definition) is 4. The quantitative estimate of drug-likeness (QED) is 0.220. The summed E-state index contributed by atoms with van der Waals surface area (Å²) in [5, 5.41) is 6.59. The van der Waals surface area contributed by atoms with Crippen molar-refractivity contribution in [2.24, 2.45) is 10.9 Å². The molecule has 0 bridgehead atoms. The highest BCUT2D eigenvalue weighted by atomic mass is 127. The number of aliphatic imine (C=N–C) groups is 1. The van der Waals surface area contributed by atoms with Crippen LogP contribution >= 0.6 is 24.0 Å². The van der Waals surface area contributed by atoms with Crippen molar-refractivity contribution in [2.45, 2.75) is 33.7 Å². The molecule has 1 rings (SSSR count). The lowest BCUT2D eigenvalue weighted by molar-refractivity contribution is 0.108. The van der Waals surface area contributed by atoms with E-state index in [-0.39, 0.29) is 24.0 Å². The largest absolute Gasteiger partial charge is 0.493 e. The lowest BCUT2D eigenvalue weighted by atomic mass is 10.2. The van der Waals surface area contributed by atoms with Gasteiger partial charge in [0, 0.05) is 31.9 Å². The fraction of sp³-hybridized carbons (Fsp3) is 0.632. The van der Waals surface area contributed by atoms with Crippen LogP contribution in [0.2, 0.25) is 0 Å². The Morgan fingerprint density at radius 3 is 2.54 bits per heavy atom. The van der Waals surface area contributed by atoms with E-state index in [4.69, 9.17) is 14.2 Å². The van der Waals surface area contributed by atoms with E-state index in [1.165, 1.54) is 0 Å². The Hall–Kier alpha value is -1.22. The second-order valence-electron chi connectivity index (χ2n) is 6.10. The molecule has 0 aliphatic carbocycles. The average Bonchev–Trinajstić information content (AvgIpc) is 2.61. The van der Waals surface area contributed by atoms with E-state index in [0.717, 1.165) is 55.7 Å². The fourth-order valence-corrected chi connectivity index (χ4v) is 2.28. The maximum Gasteiger partial charge on any atom is 0.191 e. The molecule has 0 spiro atoms. The minimum Gasteiger partial charge on any atom is -0.493 e. The van der Waals surface area contributed by atoms with Gasteiger partial charge in [-0.15, -0.1) is 24.0 Å². The Balaban J connectivity index is 0.00000625. The summed E-state index contributed by atoms with van der Waals surface area (Å²) in [4.78, 5) is 4.63. The molecule has 0 aromatic heterocycles. The van der Waals surface area contributed by atoms with Gasteiger partial charge in [0.1, 0.15) is 0 Å². The Bertz CT molecular complexity index is 525. The molecular weight excluding hydrogens is 445 g/mol. The van der Waals surface area contributed by atoms with Gasteiger partial charge in [-0.25, -0.2) is 4.99 Å². The van der Waals surface area contributed by atoms with E-state index in [0.29, 0.717) is 12.5 Å². The van der Waals surface area contributed by atoms with Crippen molar-refractivity contribution in [1.82, 2.24) is 10.6 Å². The van der Waals surface area contributed by atoms with Crippen LogP contribution in [-0.4, -0.2) is 46.5 Å². The minimum atomic E-state index is 0. The van der Waals surface area contributed by atoms with Gasteiger partial charge in [-0.1, -0.05) is 26.0 Å². The van der Waals surface area contributed by atoms with E-state index >= 15 is 0 Å². The third kappa shape index (κ3) is 9.47. The number of ether oxygens (including phenoxy) is 3. The van der Waals surface area contributed by atoms with Crippen LogP contribution in [0.5, 0.6) is 11.5 Å². The van der Waals surface area contributed by atoms with Crippen LogP contribution in [-0.2, 0) is 11.3 Å². The first-order valence-corrected chi connectivity index (χ1v) is 8.92. The van der Waals surface area contributed by atoms with Crippen molar-refractivity contribution in [3.05, 3.63) is 23.8 Å². The van der Waals surface area contributed by atoms with Crippen molar-refractivity contribution in [1.29, 1.82) is 0 Å². The highest BCUT2D eigenvalue weighted by Crippen LogP contribution is 2.30. The number of guanidine groups is 1. The van der Waals surface area contributed by atoms with Gasteiger partial charge in [-0.2, -0.15) is 0 Å². The molecule has 150 valence electrons. The van der Waals surface area contributed by atoms with E-state index in [1.54, 1.807) is 14.2 Å². The molecule has 1 aromatic carbocycles. The SMILES string of the molecule is CCNC(=NCc1cccc(OC)c1OC)NCCCOCC(C)C.I. The number of para-hydroxylation sites is 1. The Labute approximate surface area is 175 Å². The van der Waals surface area contributed by atoms with Gasteiger partial charge >= 0.3 is 0 Å². The molecule has 2 N–H and O–H groups in total. The molecule has 0 unspecified atom stereocenters. The molecule has 26 heavy (non-hydrogen) atoms. The summed E-state index contributed by atoms with van der Waals surface area (Å²) >= 11 is 0. The number of nitrogens with one attached hydrogen (secondary N) is 2. The first kappa shape index (κ1) is 24.8. The third-order valence-corrected chi connectivity index (χ3v) is 3.45. The van der Waals surface area contributed by atoms with Gasteiger partial charge in [0.2, 0.25) is 0 Å². The number of halogens is 1. The van der Waals surface area contributed by atoms with Crippen molar-refractivity contribution >= 4 is 29.9 Å². The number of rotatable bonds is 11. The first-order valence-electron chi connectivity index (χ1n) is 8.92. The van der Waals surface area contributed by atoms with E-state index in [9.17, 15) is 0 Å². The Morgan fingerprint density at radius 2 is 1.92 bits per heavy atom. The molecule has 0 atom stereocenters. The molecule has 1 aromatic rings. The topological polar surface area (TPSA) is 64.1 Å². The monoisotopic (exact) mass is 479 g/mol. The molecule has 0 aliphatic rings. The van der Waals surface area contributed by atoms with Gasteiger partial charge in [0.25, 0.3) is 0 Å². The summed E-state index contributed by atoms with van der Waals surface area (Å²) in [5.41, 5.74) is 0.985. The number of methoxy groups -OCH3 is 2. The zero-order valence-corrected chi connectivity index (χ0v) is 19.0. The number of nitrogens with zero attached hydrogens (tertiary/aromatic N) is 1.